The van der Waals surface area contributed by atoms with Crippen molar-refractivity contribution in [2.45, 2.75) is 12.8 Å². The van der Waals surface area contributed by atoms with Gasteiger partial charge in [-0.05, 0) is 42.3 Å². The van der Waals surface area contributed by atoms with E-state index in [-0.39, 0.29) is 5.91 Å². The third-order valence-electron chi connectivity index (χ3n) is 4.92. The number of nitrogens with one attached hydrogen (secondary N) is 1. The number of oxazole rings is 1. The van der Waals surface area contributed by atoms with Crippen molar-refractivity contribution in [3.05, 3.63) is 63.6 Å². The monoisotopic (exact) mass is 385 g/mol. The van der Waals surface area contributed by atoms with Gasteiger partial charge in [0.1, 0.15) is 0 Å². The van der Waals surface area contributed by atoms with Gasteiger partial charge in [0.2, 0.25) is 5.91 Å². The number of nitrogens with zero attached hydrogens (tertiary/aromatic N) is 2. The molecule has 0 saturated carbocycles. The molecule has 3 aromatic rings. The van der Waals surface area contributed by atoms with Crippen molar-refractivity contribution >= 4 is 34.3 Å². The normalized spacial score (nSPS) is 14.7. The lowest BCUT2D eigenvalue weighted by molar-refractivity contribution is -0.131. The van der Waals surface area contributed by atoms with Crippen LogP contribution in [0.3, 0.4) is 0 Å². The Morgan fingerprint density at radius 2 is 1.93 bits per heavy atom. The maximum Gasteiger partial charge on any atom is 0.417 e. The zero-order valence-electron chi connectivity index (χ0n) is 14.8. The van der Waals surface area contributed by atoms with Gasteiger partial charge < -0.3 is 14.2 Å². The number of aromatic amines is 1. The Bertz CT molecular complexity index is 1020. The summed E-state index contributed by atoms with van der Waals surface area (Å²) >= 11 is 6.06. The highest BCUT2D eigenvalue weighted by atomic mass is 35.5. The summed E-state index contributed by atoms with van der Waals surface area (Å²) in [7, 11) is 0. The molecule has 1 aliphatic rings. The van der Waals surface area contributed by atoms with E-state index in [4.69, 9.17) is 16.0 Å². The van der Waals surface area contributed by atoms with Crippen LogP contribution >= 0.6 is 11.6 Å². The van der Waals surface area contributed by atoms with Crippen molar-refractivity contribution < 1.29 is 9.21 Å². The molecule has 0 atom stereocenters. The Kier molecular flexibility index (Phi) is 4.90. The van der Waals surface area contributed by atoms with E-state index in [9.17, 15) is 9.59 Å². The number of carbonyl (C=O) groups is 1. The fraction of sp³-hybridized carbons (Fsp3) is 0.300. The number of aromatic nitrogens is 1. The number of amides is 1. The first-order chi connectivity index (χ1) is 13.1. The molecular formula is C20H20ClN3O3. The number of hydrogen-bond acceptors (Lipinski definition) is 4. The largest absolute Gasteiger partial charge is 0.417 e. The Morgan fingerprint density at radius 3 is 2.70 bits per heavy atom. The van der Waals surface area contributed by atoms with E-state index >= 15 is 0 Å². The first-order valence-electron chi connectivity index (χ1n) is 8.98. The Morgan fingerprint density at radius 1 is 1.11 bits per heavy atom. The summed E-state index contributed by atoms with van der Waals surface area (Å²) in [5.41, 5.74) is 3.30. The zero-order chi connectivity index (χ0) is 18.8. The number of carbonyl (C=O) groups excluding carboxylic acids is 1. The van der Waals surface area contributed by atoms with Gasteiger partial charge in [-0.1, -0.05) is 23.7 Å². The van der Waals surface area contributed by atoms with Crippen LogP contribution in [0.2, 0.25) is 5.02 Å². The average molecular weight is 386 g/mol. The van der Waals surface area contributed by atoms with Crippen LogP contribution in [0.5, 0.6) is 0 Å². The van der Waals surface area contributed by atoms with Gasteiger partial charge in [0.05, 0.1) is 5.52 Å². The van der Waals surface area contributed by atoms with Crippen LogP contribution in [-0.2, 0) is 11.2 Å². The van der Waals surface area contributed by atoms with Crippen LogP contribution in [0.15, 0.2) is 51.7 Å². The highest BCUT2D eigenvalue weighted by Gasteiger charge is 2.21. The van der Waals surface area contributed by atoms with Crippen LogP contribution in [0, 0.1) is 0 Å². The molecule has 1 amide bonds. The molecular weight excluding hydrogens is 366 g/mol. The van der Waals surface area contributed by atoms with Gasteiger partial charge in [-0.2, -0.15) is 0 Å². The summed E-state index contributed by atoms with van der Waals surface area (Å²) in [6.07, 6.45) is 1.08. The molecule has 4 rings (SSSR count). The zero-order valence-corrected chi connectivity index (χ0v) is 15.5. The summed E-state index contributed by atoms with van der Waals surface area (Å²) in [5, 5.41) is 0.724. The number of anilines is 1. The average Bonchev–Trinajstić information content (AvgIpc) is 3.05. The molecule has 2 aromatic carbocycles. The van der Waals surface area contributed by atoms with E-state index in [0.717, 1.165) is 29.4 Å². The van der Waals surface area contributed by atoms with Crippen LogP contribution in [0.25, 0.3) is 11.1 Å². The molecule has 7 heteroatoms. The van der Waals surface area contributed by atoms with Crippen molar-refractivity contribution in [3.63, 3.8) is 0 Å². The minimum atomic E-state index is -0.462. The third-order valence-corrected chi connectivity index (χ3v) is 5.15. The molecule has 6 nitrogen and oxygen atoms in total. The third kappa shape index (κ3) is 4.01. The molecule has 0 unspecified atom stereocenters. The van der Waals surface area contributed by atoms with Gasteiger partial charge in [0, 0.05) is 43.3 Å². The van der Waals surface area contributed by atoms with Gasteiger partial charge in [0.15, 0.2) is 5.58 Å². The molecule has 1 aliphatic heterocycles. The van der Waals surface area contributed by atoms with E-state index in [1.807, 2.05) is 41.3 Å². The second-order valence-electron chi connectivity index (χ2n) is 6.69. The number of H-pyrrole nitrogens is 1. The fourth-order valence-corrected chi connectivity index (χ4v) is 3.64. The van der Waals surface area contributed by atoms with Gasteiger partial charge in [-0.25, -0.2) is 4.79 Å². The fourth-order valence-electron chi connectivity index (χ4n) is 3.45. The Hall–Kier alpha value is -2.73. The standard InChI is InChI=1S/C20H20ClN3O3/c21-15-2-1-3-16(13-15)23-8-10-24(11-9-23)19(25)7-5-14-4-6-18-17(12-14)22-20(26)27-18/h1-4,6,12-13H,5,7-11H2,(H,22,26). The van der Waals surface area contributed by atoms with Crippen molar-refractivity contribution in [2.75, 3.05) is 31.1 Å². The maximum atomic E-state index is 12.5. The lowest BCUT2D eigenvalue weighted by Gasteiger charge is -2.36. The van der Waals surface area contributed by atoms with E-state index < -0.39 is 5.76 Å². The minimum Gasteiger partial charge on any atom is -0.408 e. The Balaban J connectivity index is 1.32. The molecule has 0 bridgehead atoms. The number of halogens is 1. The molecule has 1 fully saturated rings. The smallest absolute Gasteiger partial charge is 0.408 e. The predicted octanol–water partition coefficient (Wildman–Crippen LogP) is 3.06. The van der Waals surface area contributed by atoms with Gasteiger partial charge >= 0.3 is 5.76 Å². The SMILES string of the molecule is O=C(CCc1ccc2oc(=O)[nH]c2c1)N1CCN(c2cccc(Cl)c2)CC1. The highest BCUT2D eigenvalue weighted by molar-refractivity contribution is 6.30. The predicted molar refractivity (Wildman–Crippen MR) is 105 cm³/mol. The number of rotatable bonds is 4. The summed E-state index contributed by atoms with van der Waals surface area (Å²) in [4.78, 5) is 30.6. The van der Waals surface area contributed by atoms with Crippen molar-refractivity contribution in [2.24, 2.45) is 0 Å². The summed E-state index contributed by atoms with van der Waals surface area (Å²) in [6, 6.07) is 13.3. The van der Waals surface area contributed by atoms with Crippen LogP contribution in [0.1, 0.15) is 12.0 Å². The Labute approximate surface area is 161 Å². The summed E-state index contributed by atoms with van der Waals surface area (Å²) in [5.74, 6) is -0.308. The topological polar surface area (TPSA) is 69.5 Å². The lowest BCUT2D eigenvalue weighted by atomic mass is 10.1. The number of piperazine rings is 1. The van der Waals surface area contributed by atoms with E-state index in [1.165, 1.54) is 0 Å². The molecule has 2 heterocycles. The van der Waals surface area contributed by atoms with E-state index in [2.05, 4.69) is 9.88 Å². The van der Waals surface area contributed by atoms with Crippen LogP contribution in [0.4, 0.5) is 5.69 Å². The van der Waals surface area contributed by atoms with Crippen LogP contribution in [-0.4, -0.2) is 42.0 Å². The molecule has 27 heavy (non-hydrogen) atoms. The molecule has 1 N–H and O–H groups in total. The van der Waals surface area contributed by atoms with Gasteiger partial charge in [-0.15, -0.1) is 0 Å². The van der Waals surface area contributed by atoms with Crippen LogP contribution < -0.4 is 10.7 Å². The summed E-state index contributed by atoms with van der Waals surface area (Å²) in [6.45, 7) is 3.02. The maximum absolute atomic E-state index is 12.5. The minimum absolute atomic E-state index is 0.154. The first kappa shape index (κ1) is 17.7. The number of benzene rings is 2. The highest BCUT2D eigenvalue weighted by Crippen LogP contribution is 2.21. The molecule has 0 spiro atoms. The quantitative estimate of drug-likeness (QED) is 0.749. The van der Waals surface area contributed by atoms with Crippen molar-refractivity contribution in [3.8, 4) is 0 Å². The van der Waals surface area contributed by atoms with E-state index in [0.29, 0.717) is 37.0 Å². The first-order valence-corrected chi connectivity index (χ1v) is 9.36. The molecule has 1 saturated heterocycles. The van der Waals surface area contributed by atoms with E-state index in [1.54, 1.807) is 6.07 Å². The van der Waals surface area contributed by atoms with Gasteiger partial charge in [0.25, 0.3) is 0 Å². The lowest BCUT2D eigenvalue weighted by Crippen LogP contribution is -2.48. The van der Waals surface area contributed by atoms with Crippen molar-refractivity contribution in [1.29, 1.82) is 0 Å². The van der Waals surface area contributed by atoms with Gasteiger partial charge in [-0.3, -0.25) is 9.78 Å². The van der Waals surface area contributed by atoms with Crippen molar-refractivity contribution in [1.82, 2.24) is 9.88 Å². The number of hydrogen-bond donors (Lipinski definition) is 1. The second kappa shape index (κ2) is 7.48. The second-order valence-corrected chi connectivity index (χ2v) is 7.13. The molecule has 1 aromatic heterocycles. The molecule has 140 valence electrons. The number of fused-ring (bicyclic) bond motifs is 1. The summed E-state index contributed by atoms with van der Waals surface area (Å²) < 4.78 is 5.00. The molecule has 0 aliphatic carbocycles. The number of aryl methyl sites for hydroxylation is 1. The molecule has 0 radical (unpaired) electrons.